The summed E-state index contributed by atoms with van der Waals surface area (Å²) in [5.41, 5.74) is 8.83. The molecule has 0 spiro atoms. The maximum absolute atomic E-state index is 6.37. The molecule has 3 aromatic heterocycles. The van der Waals surface area contributed by atoms with Crippen molar-refractivity contribution in [3.05, 3.63) is 43.0 Å². The van der Waals surface area contributed by atoms with Crippen LogP contribution < -0.4 is 10.5 Å². The zero-order chi connectivity index (χ0) is 17.2. The van der Waals surface area contributed by atoms with Crippen LogP contribution in [0.4, 0.5) is 0 Å². The lowest BCUT2D eigenvalue weighted by Crippen LogP contribution is -2.43. The number of pyridine rings is 2. The molecule has 0 fully saturated rings. The number of H-pyrrole nitrogens is 1. The average Bonchev–Trinajstić information content (AvgIpc) is 2.96. The van der Waals surface area contributed by atoms with Crippen molar-refractivity contribution < 1.29 is 4.74 Å². The van der Waals surface area contributed by atoms with Crippen molar-refractivity contribution in [2.24, 2.45) is 11.7 Å². The highest BCUT2D eigenvalue weighted by atomic mass is 16.5. The molecule has 5 heteroatoms. The van der Waals surface area contributed by atoms with E-state index in [-0.39, 0.29) is 5.54 Å². The maximum Gasteiger partial charge on any atom is 0.137 e. The third kappa shape index (κ3) is 3.57. The van der Waals surface area contributed by atoms with Crippen LogP contribution in [-0.2, 0) is 0 Å². The third-order valence-corrected chi connectivity index (χ3v) is 3.95. The molecular formula is C19H24N4O. The first-order valence-corrected chi connectivity index (χ1v) is 8.24. The van der Waals surface area contributed by atoms with E-state index in [9.17, 15) is 0 Å². The minimum atomic E-state index is -0.365. The Morgan fingerprint density at radius 1 is 1.25 bits per heavy atom. The van der Waals surface area contributed by atoms with Crippen molar-refractivity contribution in [3.63, 3.8) is 0 Å². The number of nitrogens with one attached hydrogen (secondary N) is 1. The van der Waals surface area contributed by atoms with Gasteiger partial charge in [0, 0.05) is 46.8 Å². The Balaban J connectivity index is 1.89. The number of aromatic amines is 1. The summed E-state index contributed by atoms with van der Waals surface area (Å²) in [6.45, 7) is 6.83. The molecule has 0 aliphatic carbocycles. The van der Waals surface area contributed by atoms with E-state index >= 15 is 0 Å². The SMILES string of the molecule is CC(C)C[C@](C)(N)COc1ccncc1-c1c[nH]c2ncccc12. The van der Waals surface area contributed by atoms with E-state index in [1.807, 2.05) is 37.5 Å². The summed E-state index contributed by atoms with van der Waals surface area (Å²) in [4.78, 5) is 11.8. The Bertz CT molecular complexity index is 823. The Morgan fingerprint density at radius 3 is 2.88 bits per heavy atom. The third-order valence-electron chi connectivity index (χ3n) is 3.95. The lowest BCUT2D eigenvalue weighted by atomic mass is 9.93. The zero-order valence-electron chi connectivity index (χ0n) is 14.4. The van der Waals surface area contributed by atoms with E-state index in [0.717, 1.165) is 34.3 Å². The molecule has 0 bridgehead atoms. The summed E-state index contributed by atoms with van der Waals surface area (Å²) in [5, 5.41) is 1.05. The van der Waals surface area contributed by atoms with E-state index in [4.69, 9.17) is 10.5 Å². The lowest BCUT2D eigenvalue weighted by Gasteiger charge is -2.27. The number of nitrogens with two attached hydrogens (primary N) is 1. The van der Waals surface area contributed by atoms with E-state index in [2.05, 4.69) is 28.8 Å². The van der Waals surface area contributed by atoms with Gasteiger partial charge in [-0.3, -0.25) is 4.98 Å². The first kappa shape index (κ1) is 16.5. The highest BCUT2D eigenvalue weighted by Crippen LogP contribution is 2.34. The second kappa shape index (κ2) is 6.61. The quantitative estimate of drug-likeness (QED) is 0.723. The zero-order valence-corrected chi connectivity index (χ0v) is 14.4. The molecule has 0 aliphatic rings. The molecule has 126 valence electrons. The Hall–Kier alpha value is -2.40. The first-order chi connectivity index (χ1) is 11.5. The van der Waals surface area contributed by atoms with Crippen molar-refractivity contribution in [1.29, 1.82) is 0 Å². The number of rotatable bonds is 6. The fraction of sp³-hybridized carbons (Fsp3) is 0.368. The number of fused-ring (bicyclic) bond motifs is 1. The normalized spacial score (nSPS) is 14.0. The first-order valence-electron chi connectivity index (χ1n) is 8.24. The summed E-state index contributed by atoms with van der Waals surface area (Å²) >= 11 is 0. The van der Waals surface area contributed by atoms with Gasteiger partial charge in [0.2, 0.25) is 0 Å². The molecule has 1 atom stereocenters. The predicted molar refractivity (Wildman–Crippen MR) is 96.9 cm³/mol. The summed E-state index contributed by atoms with van der Waals surface area (Å²) in [7, 11) is 0. The smallest absolute Gasteiger partial charge is 0.137 e. The van der Waals surface area contributed by atoms with Gasteiger partial charge >= 0.3 is 0 Å². The summed E-state index contributed by atoms with van der Waals surface area (Å²) in [5.74, 6) is 1.32. The molecule has 0 aromatic carbocycles. The fourth-order valence-electron chi connectivity index (χ4n) is 3.12. The number of nitrogens with zero attached hydrogens (tertiary/aromatic N) is 2. The van der Waals surface area contributed by atoms with E-state index in [0.29, 0.717) is 12.5 Å². The molecule has 0 amide bonds. The summed E-state index contributed by atoms with van der Waals surface area (Å²) in [6, 6.07) is 5.85. The van der Waals surface area contributed by atoms with Crippen LogP contribution in [0.25, 0.3) is 22.2 Å². The monoisotopic (exact) mass is 324 g/mol. The number of hydrogen-bond acceptors (Lipinski definition) is 4. The van der Waals surface area contributed by atoms with Gasteiger partial charge in [-0.15, -0.1) is 0 Å². The topological polar surface area (TPSA) is 76.8 Å². The highest BCUT2D eigenvalue weighted by Gasteiger charge is 2.22. The molecule has 3 N–H and O–H groups in total. The van der Waals surface area contributed by atoms with Crippen LogP contribution in [0.1, 0.15) is 27.2 Å². The van der Waals surface area contributed by atoms with Gasteiger partial charge in [0.05, 0.1) is 0 Å². The van der Waals surface area contributed by atoms with Gasteiger partial charge in [-0.2, -0.15) is 0 Å². The minimum Gasteiger partial charge on any atom is -0.491 e. The van der Waals surface area contributed by atoms with Crippen molar-refractivity contribution in [2.45, 2.75) is 32.7 Å². The van der Waals surface area contributed by atoms with Crippen LogP contribution in [0.2, 0.25) is 0 Å². The number of aromatic nitrogens is 3. The van der Waals surface area contributed by atoms with Crippen LogP contribution in [0, 0.1) is 5.92 Å². The van der Waals surface area contributed by atoms with Crippen LogP contribution >= 0.6 is 0 Å². The largest absolute Gasteiger partial charge is 0.491 e. The van der Waals surface area contributed by atoms with E-state index < -0.39 is 0 Å². The van der Waals surface area contributed by atoms with Gasteiger partial charge < -0.3 is 15.5 Å². The van der Waals surface area contributed by atoms with Crippen LogP contribution in [-0.4, -0.2) is 27.1 Å². The molecule has 3 rings (SSSR count). The average molecular weight is 324 g/mol. The van der Waals surface area contributed by atoms with Crippen molar-refractivity contribution >= 4 is 11.0 Å². The Morgan fingerprint density at radius 2 is 2.08 bits per heavy atom. The van der Waals surface area contributed by atoms with Gasteiger partial charge in [-0.05, 0) is 37.5 Å². The van der Waals surface area contributed by atoms with Crippen LogP contribution in [0.5, 0.6) is 5.75 Å². The molecule has 24 heavy (non-hydrogen) atoms. The standard InChI is InChI=1S/C19H24N4O/c1-13(2)9-19(3,20)12-24-17-6-8-21-10-16(17)15-11-23-18-14(15)5-4-7-22-18/h4-8,10-11,13H,9,12,20H2,1-3H3,(H,22,23)/t19-/m0/s1. The highest BCUT2D eigenvalue weighted by molar-refractivity contribution is 5.94. The summed E-state index contributed by atoms with van der Waals surface area (Å²) < 4.78 is 6.08. The maximum atomic E-state index is 6.37. The molecule has 5 nitrogen and oxygen atoms in total. The van der Waals surface area contributed by atoms with Gasteiger partial charge in [0.25, 0.3) is 0 Å². The summed E-state index contributed by atoms with van der Waals surface area (Å²) in [6.07, 6.45) is 8.18. The molecule has 3 aromatic rings. The second-order valence-electron chi connectivity index (χ2n) is 7.01. The lowest BCUT2D eigenvalue weighted by molar-refractivity contribution is 0.207. The molecule has 0 unspecified atom stereocenters. The van der Waals surface area contributed by atoms with Gasteiger partial charge in [-0.1, -0.05) is 13.8 Å². The predicted octanol–water partition coefficient (Wildman–Crippen LogP) is 3.77. The molecule has 0 aliphatic heterocycles. The Labute approximate surface area is 142 Å². The molecular weight excluding hydrogens is 300 g/mol. The van der Waals surface area contributed by atoms with Crippen molar-refractivity contribution in [3.8, 4) is 16.9 Å². The van der Waals surface area contributed by atoms with E-state index in [1.54, 1.807) is 12.4 Å². The second-order valence-corrected chi connectivity index (χ2v) is 7.01. The molecule has 0 saturated carbocycles. The fourth-order valence-corrected chi connectivity index (χ4v) is 3.12. The van der Waals surface area contributed by atoms with Crippen LogP contribution in [0.3, 0.4) is 0 Å². The van der Waals surface area contributed by atoms with Gasteiger partial charge in [-0.25, -0.2) is 4.98 Å². The van der Waals surface area contributed by atoms with Crippen LogP contribution in [0.15, 0.2) is 43.0 Å². The molecule has 3 heterocycles. The van der Waals surface area contributed by atoms with E-state index in [1.165, 1.54) is 0 Å². The van der Waals surface area contributed by atoms with Gasteiger partial charge in [0.15, 0.2) is 0 Å². The number of hydrogen-bond donors (Lipinski definition) is 2. The molecule has 0 saturated heterocycles. The Kier molecular flexibility index (Phi) is 4.53. The van der Waals surface area contributed by atoms with Crippen molar-refractivity contribution in [1.82, 2.24) is 15.0 Å². The van der Waals surface area contributed by atoms with Crippen molar-refractivity contribution in [2.75, 3.05) is 6.61 Å². The van der Waals surface area contributed by atoms with Gasteiger partial charge in [0.1, 0.15) is 18.0 Å². The molecule has 0 radical (unpaired) electrons. The number of ether oxygens (including phenoxy) is 1. The minimum absolute atomic E-state index is 0.365.